The summed E-state index contributed by atoms with van der Waals surface area (Å²) in [5.74, 6) is 1.22. The Morgan fingerprint density at radius 2 is 2.16 bits per heavy atom. The number of rotatable bonds is 3. The molecule has 0 bridgehead atoms. The van der Waals surface area contributed by atoms with Crippen molar-refractivity contribution in [2.45, 2.75) is 6.92 Å². The molecule has 0 aromatic carbocycles. The molecular formula is C11H14N8. The number of nitrogens with one attached hydrogen (secondary N) is 3. The minimum atomic E-state index is 0.529. The van der Waals surface area contributed by atoms with Gasteiger partial charge in [0.1, 0.15) is 5.82 Å². The molecule has 3 heterocycles. The zero-order valence-electron chi connectivity index (χ0n) is 10.9. The summed E-state index contributed by atoms with van der Waals surface area (Å²) in [7, 11) is 3.65. The van der Waals surface area contributed by atoms with Crippen LogP contribution in [0.5, 0.6) is 0 Å². The van der Waals surface area contributed by atoms with E-state index in [1.165, 1.54) is 0 Å². The fraction of sp³-hybridized carbons (Fsp3) is 0.273. The normalized spacial score (nSPS) is 10.9. The van der Waals surface area contributed by atoms with Crippen LogP contribution in [0, 0.1) is 6.92 Å². The number of aromatic amines is 1. The van der Waals surface area contributed by atoms with Gasteiger partial charge in [-0.05, 0) is 6.92 Å². The number of hydrogen-bond acceptors (Lipinski definition) is 6. The Balaban J connectivity index is 2.08. The van der Waals surface area contributed by atoms with Gasteiger partial charge in [-0.15, -0.1) is 0 Å². The maximum atomic E-state index is 4.41. The molecule has 8 heteroatoms. The number of H-pyrrole nitrogens is 1. The summed E-state index contributed by atoms with van der Waals surface area (Å²) in [4.78, 5) is 8.69. The van der Waals surface area contributed by atoms with Gasteiger partial charge in [0, 0.05) is 20.3 Å². The van der Waals surface area contributed by atoms with E-state index in [1.54, 1.807) is 17.9 Å². The quantitative estimate of drug-likeness (QED) is 0.652. The van der Waals surface area contributed by atoms with Crippen molar-refractivity contribution in [3.05, 3.63) is 18.1 Å². The molecule has 3 aromatic rings. The monoisotopic (exact) mass is 258 g/mol. The van der Waals surface area contributed by atoms with Crippen LogP contribution in [-0.4, -0.2) is 37.0 Å². The highest BCUT2D eigenvalue weighted by Gasteiger charge is 2.11. The Bertz CT molecular complexity index is 725. The van der Waals surface area contributed by atoms with Gasteiger partial charge in [0.05, 0.1) is 23.0 Å². The molecule has 0 unspecified atom stereocenters. The van der Waals surface area contributed by atoms with E-state index in [4.69, 9.17) is 0 Å². The molecule has 0 aliphatic carbocycles. The van der Waals surface area contributed by atoms with Gasteiger partial charge in [-0.3, -0.25) is 9.78 Å². The van der Waals surface area contributed by atoms with E-state index in [-0.39, 0.29) is 0 Å². The highest BCUT2D eigenvalue weighted by molar-refractivity contribution is 5.89. The molecule has 0 aliphatic rings. The third-order valence-corrected chi connectivity index (χ3v) is 2.80. The molecule has 0 radical (unpaired) electrons. The third kappa shape index (κ3) is 1.96. The first-order valence-corrected chi connectivity index (χ1v) is 5.83. The van der Waals surface area contributed by atoms with Crippen LogP contribution in [0.3, 0.4) is 0 Å². The van der Waals surface area contributed by atoms with E-state index in [0.29, 0.717) is 17.4 Å². The maximum absolute atomic E-state index is 4.41. The topological polar surface area (TPSA) is 96.3 Å². The van der Waals surface area contributed by atoms with Crippen molar-refractivity contribution in [1.29, 1.82) is 0 Å². The highest BCUT2D eigenvalue weighted by atomic mass is 15.3. The molecule has 0 saturated heterocycles. The Morgan fingerprint density at radius 3 is 2.84 bits per heavy atom. The average Bonchev–Trinajstić information content (AvgIpc) is 2.96. The molecule has 8 nitrogen and oxygen atoms in total. The lowest BCUT2D eigenvalue weighted by Gasteiger charge is -2.06. The molecule has 19 heavy (non-hydrogen) atoms. The van der Waals surface area contributed by atoms with Crippen molar-refractivity contribution in [3.63, 3.8) is 0 Å². The lowest BCUT2D eigenvalue weighted by atomic mass is 10.3. The van der Waals surface area contributed by atoms with E-state index in [1.807, 2.05) is 20.2 Å². The van der Waals surface area contributed by atoms with Crippen LogP contribution in [0.4, 0.5) is 17.5 Å². The minimum absolute atomic E-state index is 0.529. The first kappa shape index (κ1) is 11.5. The second kappa shape index (κ2) is 4.23. The molecule has 0 amide bonds. The van der Waals surface area contributed by atoms with Gasteiger partial charge in [0.15, 0.2) is 5.65 Å². The van der Waals surface area contributed by atoms with Crippen molar-refractivity contribution in [2.24, 2.45) is 7.05 Å². The zero-order valence-corrected chi connectivity index (χ0v) is 10.9. The molecule has 98 valence electrons. The molecule has 3 N–H and O–H groups in total. The van der Waals surface area contributed by atoms with Crippen LogP contribution in [0.1, 0.15) is 5.69 Å². The summed E-state index contributed by atoms with van der Waals surface area (Å²) in [6, 6.07) is 0. The van der Waals surface area contributed by atoms with E-state index in [9.17, 15) is 0 Å². The molecular weight excluding hydrogens is 244 g/mol. The Hall–Kier alpha value is -2.64. The van der Waals surface area contributed by atoms with Crippen LogP contribution in [0.25, 0.3) is 11.0 Å². The van der Waals surface area contributed by atoms with Crippen molar-refractivity contribution in [1.82, 2.24) is 29.9 Å². The van der Waals surface area contributed by atoms with E-state index in [2.05, 4.69) is 35.9 Å². The third-order valence-electron chi connectivity index (χ3n) is 2.80. The number of aryl methyl sites for hydroxylation is 2. The summed E-state index contributed by atoms with van der Waals surface area (Å²) in [5.41, 5.74) is 2.50. The molecule has 3 aromatic heterocycles. The van der Waals surface area contributed by atoms with Gasteiger partial charge in [-0.25, -0.2) is 0 Å². The molecule has 0 atom stereocenters. The predicted octanol–water partition coefficient (Wildman–Crippen LogP) is 1.18. The van der Waals surface area contributed by atoms with Crippen LogP contribution in [0.2, 0.25) is 0 Å². The standard InChI is InChI=1S/C11H14N8/c1-6-8(5-19(3)18-6)14-9-7-4-13-17-10(7)16-11(12-2)15-9/h4-5H,1-3H3,(H3,12,13,14,15,16,17). The first-order chi connectivity index (χ1) is 9.17. The lowest BCUT2D eigenvalue weighted by molar-refractivity contribution is 0.756. The van der Waals surface area contributed by atoms with Crippen LogP contribution < -0.4 is 10.6 Å². The maximum Gasteiger partial charge on any atom is 0.226 e. The first-order valence-electron chi connectivity index (χ1n) is 5.83. The number of fused-ring (bicyclic) bond motifs is 1. The van der Waals surface area contributed by atoms with Gasteiger partial charge in [0.2, 0.25) is 5.95 Å². The largest absolute Gasteiger partial charge is 0.357 e. The van der Waals surface area contributed by atoms with Gasteiger partial charge >= 0.3 is 0 Å². The van der Waals surface area contributed by atoms with Crippen molar-refractivity contribution in [3.8, 4) is 0 Å². The van der Waals surface area contributed by atoms with E-state index >= 15 is 0 Å². The number of nitrogens with zero attached hydrogens (tertiary/aromatic N) is 5. The van der Waals surface area contributed by atoms with Gasteiger partial charge < -0.3 is 10.6 Å². The smallest absolute Gasteiger partial charge is 0.226 e. The molecule has 0 aliphatic heterocycles. The second-order valence-corrected chi connectivity index (χ2v) is 4.20. The second-order valence-electron chi connectivity index (χ2n) is 4.20. The number of hydrogen-bond donors (Lipinski definition) is 3. The Morgan fingerprint density at radius 1 is 1.32 bits per heavy atom. The van der Waals surface area contributed by atoms with Crippen molar-refractivity contribution < 1.29 is 0 Å². The molecule has 0 saturated carbocycles. The van der Waals surface area contributed by atoms with Crippen molar-refractivity contribution >= 4 is 28.5 Å². The van der Waals surface area contributed by atoms with Crippen LogP contribution in [0.15, 0.2) is 12.4 Å². The minimum Gasteiger partial charge on any atom is -0.357 e. The fourth-order valence-electron chi connectivity index (χ4n) is 1.89. The predicted molar refractivity (Wildman–Crippen MR) is 72.5 cm³/mol. The Labute approximate surface area is 109 Å². The highest BCUT2D eigenvalue weighted by Crippen LogP contribution is 2.24. The number of aromatic nitrogens is 6. The summed E-state index contributed by atoms with van der Waals surface area (Å²) < 4.78 is 1.75. The summed E-state index contributed by atoms with van der Waals surface area (Å²) >= 11 is 0. The summed E-state index contributed by atoms with van der Waals surface area (Å²) in [5, 5.41) is 18.1. The van der Waals surface area contributed by atoms with Gasteiger partial charge in [-0.2, -0.15) is 20.2 Å². The Kier molecular flexibility index (Phi) is 2.55. The fourth-order valence-corrected chi connectivity index (χ4v) is 1.89. The molecule has 3 rings (SSSR count). The zero-order chi connectivity index (χ0) is 13.4. The van der Waals surface area contributed by atoms with Crippen molar-refractivity contribution in [2.75, 3.05) is 17.7 Å². The van der Waals surface area contributed by atoms with Crippen LogP contribution in [-0.2, 0) is 7.05 Å². The SMILES string of the molecule is CNc1nc(Nc2cn(C)nc2C)c2cn[nH]c2n1. The summed E-state index contributed by atoms with van der Waals surface area (Å²) in [6.45, 7) is 1.94. The number of anilines is 3. The van der Waals surface area contributed by atoms with Gasteiger partial charge in [-0.1, -0.05) is 0 Å². The molecule has 0 spiro atoms. The average molecular weight is 258 g/mol. The lowest BCUT2D eigenvalue weighted by Crippen LogP contribution is -2.01. The van der Waals surface area contributed by atoms with Gasteiger partial charge in [0.25, 0.3) is 0 Å². The summed E-state index contributed by atoms with van der Waals surface area (Å²) in [6.07, 6.45) is 3.60. The molecule has 0 fully saturated rings. The van der Waals surface area contributed by atoms with Crippen LogP contribution >= 0.6 is 0 Å². The van der Waals surface area contributed by atoms with E-state index < -0.39 is 0 Å². The van der Waals surface area contributed by atoms with E-state index in [0.717, 1.165) is 16.8 Å².